The van der Waals surface area contributed by atoms with E-state index in [4.69, 9.17) is 0 Å². The molecule has 10 nitrogen and oxygen atoms in total. The Morgan fingerprint density at radius 3 is 2.26 bits per heavy atom. The normalized spacial score (nSPS) is 12.7. The molecule has 31 heavy (non-hydrogen) atoms. The van der Waals surface area contributed by atoms with Crippen LogP contribution in [0.2, 0.25) is 0 Å². The van der Waals surface area contributed by atoms with Crippen molar-refractivity contribution >= 4 is 53.3 Å². The highest BCUT2D eigenvalue weighted by Crippen LogP contribution is 2.42. The maximum Gasteiger partial charge on any atom is 0.298 e. The molecule has 12 heteroatoms. The largest absolute Gasteiger partial charge is 0.504 e. The van der Waals surface area contributed by atoms with Crippen LogP contribution in [0.15, 0.2) is 80.8 Å². The molecule has 0 radical (unpaired) electrons. The van der Waals surface area contributed by atoms with Gasteiger partial charge >= 0.3 is 0 Å². The van der Waals surface area contributed by atoms with Gasteiger partial charge in [-0.1, -0.05) is 24.3 Å². The molecule has 0 aliphatic heterocycles. The highest BCUT2D eigenvalue weighted by atomic mass is 32.2. The summed E-state index contributed by atoms with van der Waals surface area (Å²) in [4.78, 5) is 2.83. The summed E-state index contributed by atoms with van der Waals surface area (Å²) < 4.78 is 65.1. The van der Waals surface area contributed by atoms with Gasteiger partial charge in [-0.2, -0.15) is 16.8 Å². The molecule has 3 aromatic carbocycles. The maximum atomic E-state index is 11.7. The van der Waals surface area contributed by atoms with Gasteiger partial charge in [0.1, 0.15) is 16.3 Å². The van der Waals surface area contributed by atoms with Gasteiger partial charge in [0.25, 0.3) is 20.2 Å². The SMILES string of the molecule is O=S(=O)(O)c1ccc2c(N=Nc3cccc4cccnc34)c(O)c(S(=O)(=O)O)cc2c1. The summed E-state index contributed by atoms with van der Waals surface area (Å²) >= 11 is 0. The van der Waals surface area contributed by atoms with E-state index >= 15 is 0 Å². The van der Waals surface area contributed by atoms with E-state index in [9.17, 15) is 31.0 Å². The Morgan fingerprint density at radius 1 is 0.806 bits per heavy atom. The van der Waals surface area contributed by atoms with Crippen molar-refractivity contribution in [3.8, 4) is 5.75 Å². The highest BCUT2D eigenvalue weighted by molar-refractivity contribution is 7.86. The molecular formula is C19H13N3O7S2. The van der Waals surface area contributed by atoms with Crippen molar-refractivity contribution in [2.45, 2.75) is 9.79 Å². The van der Waals surface area contributed by atoms with Crippen molar-refractivity contribution in [3.05, 3.63) is 60.8 Å². The van der Waals surface area contributed by atoms with Crippen molar-refractivity contribution in [2.75, 3.05) is 0 Å². The van der Waals surface area contributed by atoms with Crippen molar-refractivity contribution in [2.24, 2.45) is 10.2 Å². The summed E-state index contributed by atoms with van der Waals surface area (Å²) in [6.07, 6.45) is 1.56. The molecule has 3 N–H and O–H groups in total. The van der Waals surface area contributed by atoms with E-state index in [-0.39, 0.29) is 16.5 Å². The van der Waals surface area contributed by atoms with E-state index in [2.05, 4.69) is 15.2 Å². The van der Waals surface area contributed by atoms with E-state index in [1.54, 1.807) is 24.4 Å². The number of pyridine rings is 1. The number of rotatable bonds is 4. The van der Waals surface area contributed by atoms with Gasteiger partial charge in [0.05, 0.1) is 10.4 Å². The quantitative estimate of drug-likeness (QED) is 0.304. The molecule has 0 unspecified atom stereocenters. The van der Waals surface area contributed by atoms with Crippen LogP contribution in [0, 0.1) is 0 Å². The Labute approximate surface area is 176 Å². The number of aromatic nitrogens is 1. The lowest BCUT2D eigenvalue weighted by atomic mass is 10.1. The molecule has 4 rings (SSSR count). The van der Waals surface area contributed by atoms with Gasteiger partial charge < -0.3 is 5.11 Å². The summed E-state index contributed by atoms with van der Waals surface area (Å²) in [7, 11) is -9.47. The van der Waals surface area contributed by atoms with Crippen molar-refractivity contribution in [1.29, 1.82) is 0 Å². The Hall–Kier alpha value is -3.45. The first kappa shape index (κ1) is 20.8. The van der Waals surface area contributed by atoms with Crippen LogP contribution in [0.3, 0.4) is 0 Å². The molecule has 4 aromatic rings. The number of para-hydroxylation sites is 1. The van der Waals surface area contributed by atoms with Crippen LogP contribution in [0.25, 0.3) is 21.7 Å². The lowest BCUT2D eigenvalue weighted by molar-refractivity contribution is 0.445. The second-order valence-electron chi connectivity index (χ2n) is 6.46. The number of benzene rings is 3. The van der Waals surface area contributed by atoms with E-state index in [1.165, 1.54) is 6.07 Å². The number of fused-ring (bicyclic) bond motifs is 2. The van der Waals surface area contributed by atoms with Crippen LogP contribution in [0.4, 0.5) is 11.4 Å². The van der Waals surface area contributed by atoms with Crippen molar-refractivity contribution in [3.63, 3.8) is 0 Å². The Morgan fingerprint density at radius 2 is 1.55 bits per heavy atom. The van der Waals surface area contributed by atoms with Crippen LogP contribution in [-0.4, -0.2) is 36.0 Å². The zero-order valence-electron chi connectivity index (χ0n) is 15.4. The Kier molecular flexibility index (Phi) is 4.94. The van der Waals surface area contributed by atoms with E-state index < -0.39 is 35.8 Å². The molecule has 158 valence electrons. The number of nitrogens with zero attached hydrogens (tertiary/aromatic N) is 3. The second kappa shape index (κ2) is 7.35. The fourth-order valence-electron chi connectivity index (χ4n) is 3.06. The van der Waals surface area contributed by atoms with Crippen molar-refractivity contribution < 1.29 is 31.0 Å². The van der Waals surface area contributed by atoms with Gasteiger partial charge in [-0.3, -0.25) is 14.1 Å². The summed E-state index contributed by atoms with van der Waals surface area (Å²) in [6.45, 7) is 0. The molecule has 0 amide bonds. The number of aromatic hydroxyl groups is 1. The minimum absolute atomic E-state index is 0.0226. The van der Waals surface area contributed by atoms with Gasteiger partial charge in [0.15, 0.2) is 5.75 Å². The standard InChI is InChI=1S/C19H13N3O7S2/c23-19-16(31(27,28)29)10-12-9-13(30(24,25)26)6-7-14(12)18(19)22-21-15-5-1-3-11-4-2-8-20-17(11)15/h1-10,23H,(H,24,25,26)(H,27,28,29). The van der Waals surface area contributed by atoms with Crippen LogP contribution in [-0.2, 0) is 20.2 Å². The molecule has 0 spiro atoms. The number of hydrogen-bond donors (Lipinski definition) is 3. The maximum absolute atomic E-state index is 11.7. The third-order valence-electron chi connectivity index (χ3n) is 4.47. The number of phenols is 1. The fourth-order valence-corrected chi connectivity index (χ4v) is 4.19. The monoisotopic (exact) mass is 459 g/mol. The number of azo groups is 1. The Balaban J connectivity index is 1.99. The molecule has 0 saturated heterocycles. The first-order valence-corrected chi connectivity index (χ1v) is 11.4. The number of phenolic OH excluding ortho intramolecular Hbond substituents is 1. The minimum atomic E-state index is -4.89. The topological polar surface area (TPSA) is 167 Å². The molecule has 0 bridgehead atoms. The predicted molar refractivity (Wildman–Crippen MR) is 111 cm³/mol. The summed E-state index contributed by atoms with van der Waals surface area (Å²) in [5.41, 5.74) is 0.523. The van der Waals surface area contributed by atoms with Crippen LogP contribution in [0.1, 0.15) is 0 Å². The highest BCUT2D eigenvalue weighted by Gasteiger charge is 2.23. The molecular weight excluding hydrogens is 446 g/mol. The zero-order valence-corrected chi connectivity index (χ0v) is 17.0. The Bertz CT molecular complexity index is 1590. The lowest BCUT2D eigenvalue weighted by Crippen LogP contribution is -2.00. The molecule has 0 aliphatic carbocycles. The predicted octanol–water partition coefficient (Wildman–Crippen LogP) is 4.00. The van der Waals surface area contributed by atoms with E-state index in [0.717, 1.165) is 23.6 Å². The first-order chi connectivity index (χ1) is 14.6. The lowest BCUT2D eigenvalue weighted by Gasteiger charge is -2.09. The van der Waals surface area contributed by atoms with Gasteiger partial charge in [-0.25, -0.2) is 0 Å². The molecule has 0 saturated carbocycles. The van der Waals surface area contributed by atoms with E-state index in [1.807, 2.05) is 12.1 Å². The second-order valence-corrected chi connectivity index (χ2v) is 9.27. The number of hydrogen-bond acceptors (Lipinski definition) is 8. The first-order valence-electron chi connectivity index (χ1n) is 8.56. The zero-order chi connectivity index (χ0) is 22.4. The molecule has 1 heterocycles. The van der Waals surface area contributed by atoms with Crippen LogP contribution < -0.4 is 0 Å². The van der Waals surface area contributed by atoms with Gasteiger partial charge in [-0.05, 0) is 35.7 Å². The van der Waals surface area contributed by atoms with Gasteiger partial charge in [-0.15, -0.1) is 10.2 Å². The smallest absolute Gasteiger partial charge is 0.298 e. The van der Waals surface area contributed by atoms with Crippen molar-refractivity contribution in [1.82, 2.24) is 4.98 Å². The molecule has 0 aliphatic rings. The summed E-state index contributed by atoms with van der Waals surface area (Å²) in [5.74, 6) is -0.869. The third-order valence-corrected chi connectivity index (χ3v) is 6.18. The molecule has 0 fully saturated rings. The average Bonchev–Trinajstić information content (AvgIpc) is 2.71. The van der Waals surface area contributed by atoms with Gasteiger partial charge in [0, 0.05) is 17.0 Å². The molecule has 0 atom stereocenters. The summed E-state index contributed by atoms with van der Waals surface area (Å²) in [6, 6.07) is 12.8. The van der Waals surface area contributed by atoms with Gasteiger partial charge in [0.2, 0.25) is 0 Å². The van der Waals surface area contributed by atoms with Crippen LogP contribution in [0.5, 0.6) is 5.75 Å². The summed E-state index contributed by atoms with van der Waals surface area (Å²) in [5, 5.41) is 19.4. The molecule has 1 aromatic heterocycles. The fraction of sp³-hybridized carbons (Fsp3) is 0. The third kappa shape index (κ3) is 3.96. The van der Waals surface area contributed by atoms with E-state index in [0.29, 0.717) is 11.2 Å². The average molecular weight is 459 g/mol. The van der Waals surface area contributed by atoms with Crippen LogP contribution >= 0.6 is 0 Å². The minimum Gasteiger partial charge on any atom is -0.504 e.